The molecule has 0 aliphatic carbocycles. The van der Waals surface area contributed by atoms with Gasteiger partial charge in [-0.05, 0) is 0 Å². The molecule has 1 rings (SSSR count). The fraction of sp³-hybridized carbons (Fsp3) is 0.333. The quantitative estimate of drug-likeness (QED) is 0.550. The number of benzene rings is 1. The average molecular weight is 217 g/mol. The molecule has 0 bridgehead atoms. The normalized spacial score (nSPS) is 18.0. The van der Waals surface area contributed by atoms with Crippen molar-refractivity contribution in [1.82, 2.24) is 0 Å². The van der Waals surface area contributed by atoms with Crippen molar-refractivity contribution in [2.45, 2.75) is 12.2 Å². The fourth-order valence-corrected chi connectivity index (χ4v) is 2.11. The molecule has 0 amide bonds. The Morgan fingerprint density at radius 3 is 3.09 bits per heavy atom. The number of hydrogen-bond donors (Lipinski definition) is 0. The van der Waals surface area contributed by atoms with Gasteiger partial charge in [-0.2, -0.15) is 0 Å². The number of rotatable bonds is 3. The molecule has 0 aliphatic rings. The summed E-state index contributed by atoms with van der Waals surface area (Å²) in [6.45, 7) is 1.60. The molecule has 1 unspecified atom stereocenters. The van der Waals surface area contributed by atoms with Gasteiger partial charge in [-0.3, -0.25) is 0 Å². The van der Waals surface area contributed by atoms with E-state index in [2.05, 4.69) is 0 Å². The summed E-state index contributed by atoms with van der Waals surface area (Å²) in [5.74, 6) is 0.785. The first-order valence-electron chi connectivity index (χ1n) is 4.35. The maximum atomic E-state index is 7.48. The van der Waals surface area contributed by atoms with Gasteiger partial charge in [0, 0.05) is 0 Å². The Bertz CT molecular complexity index is 283. The fourth-order valence-electron chi connectivity index (χ4n) is 0.813. The van der Waals surface area contributed by atoms with E-state index in [4.69, 9.17) is 7.48 Å². The maximum absolute atomic E-state index is 7.48. The van der Waals surface area contributed by atoms with E-state index in [-0.39, 0.29) is 15.0 Å². The Labute approximate surface area is 76.7 Å². The SMILES string of the molecule is [1H][13C]([2H])(C)[Se]c1ccccc1OC. The van der Waals surface area contributed by atoms with Gasteiger partial charge in [0.1, 0.15) is 0 Å². The van der Waals surface area contributed by atoms with Crippen molar-refractivity contribution in [1.29, 1.82) is 0 Å². The third-order valence-corrected chi connectivity index (χ3v) is 2.88. The van der Waals surface area contributed by atoms with Crippen LogP contribution in [-0.4, -0.2) is 22.1 Å². The summed E-state index contributed by atoms with van der Waals surface area (Å²) in [4.78, 5) is 0. The summed E-state index contributed by atoms with van der Waals surface area (Å²) in [6, 6.07) is 7.58. The summed E-state index contributed by atoms with van der Waals surface area (Å²) < 4.78 is 21.1. The molecular formula is C9H12OSe. The molecule has 0 aromatic heterocycles. The molecule has 0 fully saturated rings. The van der Waals surface area contributed by atoms with Crippen molar-refractivity contribution in [2.75, 3.05) is 7.11 Å². The molecule has 1 atom stereocenters. The van der Waals surface area contributed by atoms with Crippen molar-refractivity contribution < 1.29 is 7.48 Å². The first-order valence-corrected chi connectivity index (χ1v) is 5.06. The van der Waals surface area contributed by atoms with E-state index in [1.807, 2.05) is 24.3 Å². The van der Waals surface area contributed by atoms with Gasteiger partial charge in [-0.1, -0.05) is 0 Å². The van der Waals surface area contributed by atoms with E-state index in [0.29, 0.717) is 0 Å². The van der Waals surface area contributed by atoms with Crippen LogP contribution >= 0.6 is 0 Å². The standard InChI is InChI=1S/C9H12OSe/c1-3-11-9-7-5-4-6-8(9)10-2/h4-7H,3H2,1-2H3/i3+1DH. The number of para-hydroxylation sites is 1. The molecule has 0 aliphatic heterocycles. The molecule has 11 heavy (non-hydrogen) atoms. The second-order valence-corrected chi connectivity index (χ2v) is 4.16. The second kappa shape index (κ2) is 4.42. The summed E-state index contributed by atoms with van der Waals surface area (Å²) in [6.07, 6.45) is 0. The molecule has 1 aromatic carbocycles. The Morgan fingerprint density at radius 2 is 2.45 bits per heavy atom. The molecule has 0 spiro atoms. The van der Waals surface area contributed by atoms with Gasteiger partial charge in [0.25, 0.3) is 0 Å². The Kier molecular flexibility index (Phi) is 2.45. The van der Waals surface area contributed by atoms with Crippen LogP contribution in [-0.2, 0) is 0 Å². The summed E-state index contributed by atoms with van der Waals surface area (Å²) >= 11 is -0.195. The van der Waals surface area contributed by atoms with Crippen LogP contribution in [0.1, 0.15) is 9.67 Å². The van der Waals surface area contributed by atoms with E-state index in [1.165, 1.54) is 0 Å². The third kappa shape index (κ3) is 2.25. The van der Waals surface area contributed by atoms with Crippen LogP contribution in [0.4, 0.5) is 0 Å². The van der Waals surface area contributed by atoms with Crippen LogP contribution in [0.5, 0.6) is 5.75 Å². The van der Waals surface area contributed by atoms with Crippen LogP contribution in [0.15, 0.2) is 24.3 Å². The Hall–Kier alpha value is -0.461. The zero-order valence-corrected chi connectivity index (χ0v) is 8.34. The molecule has 0 N–H and O–H groups in total. The molecule has 0 radical (unpaired) electrons. The van der Waals surface area contributed by atoms with Gasteiger partial charge in [0.15, 0.2) is 0 Å². The first-order chi connectivity index (χ1) is 6.03. The van der Waals surface area contributed by atoms with Gasteiger partial charge < -0.3 is 0 Å². The van der Waals surface area contributed by atoms with Gasteiger partial charge in [0.05, 0.1) is 0 Å². The molecule has 1 nitrogen and oxygen atoms in total. The minimum atomic E-state index is -1.12. The third-order valence-electron chi connectivity index (χ3n) is 1.28. The van der Waals surface area contributed by atoms with Crippen molar-refractivity contribution in [3.8, 4) is 5.75 Å². The predicted octanol–water partition coefficient (Wildman–Crippen LogP) is 1.46. The molecule has 60 valence electrons. The number of hydrogen-bond acceptors (Lipinski definition) is 1. The van der Waals surface area contributed by atoms with Crippen LogP contribution < -0.4 is 9.20 Å². The predicted molar refractivity (Wildman–Crippen MR) is 48.9 cm³/mol. The molecule has 0 saturated carbocycles. The molecule has 2 heteroatoms. The second-order valence-electron chi connectivity index (χ2n) is 1.96. The van der Waals surface area contributed by atoms with Gasteiger partial charge in [-0.25, -0.2) is 0 Å². The van der Waals surface area contributed by atoms with Crippen molar-refractivity contribution in [2.24, 2.45) is 0 Å². The van der Waals surface area contributed by atoms with E-state index in [0.717, 1.165) is 10.2 Å². The number of ether oxygens (including phenoxy) is 1. The van der Waals surface area contributed by atoms with Gasteiger partial charge in [-0.15, -0.1) is 0 Å². The topological polar surface area (TPSA) is 9.23 Å². The van der Waals surface area contributed by atoms with E-state index < -0.39 is 5.27 Å². The average Bonchev–Trinajstić information content (AvgIpc) is 2.02. The van der Waals surface area contributed by atoms with Gasteiger partial charge in [0.2, 0.25) is 0 Å². The summed E-state index contributed by atoms with van der Waals surface area (Å²) in [5, 5.41) is -1.12. The molecule has 0 heterocycles. The van der Waals surface area contributed by atoms with Gasteiger partial charge >= 0.3 is 76.2 Å². The minimum absolute atomic E-state index is 0.195. The van der Waals surface area contributed by atoms with Crippen LogP contribution in [0.25, 0.3) is 0 Å². The van der Waals surface area contributed by atoms with Crippen molar-refractivity contribution >= 4 is 19.4 Å². The molecule has 1 aromatic rings. The number of methoxy groups -OCH3 is 1. The molecular weight excluding hydrogens is 204 g/mol. The van der Waals surface area contributed by atoms with E-state index >= 15 is 0 Å². The zero-order chi connectivity index (χ0) is 9.90. The summed E-state index contributed by atoms with van der Waals surface area (Å²) in [5.41, 5.74) is 0. The first kappa shape index (κ1) is 6.10. The summed E-state index contributed by atoms with van der Waals surface area (Å²) in [7, 11) is 1.61. The monoisotopic (exact) mass is 218 g/mol. The van der Waals surface area contributed by atoms with E-state index in [1.54, 1.807) is 14.0 Å². The van der Waals surface area contributed by atoms with Crippen LogP contribution in [0.2, 0.25) is 5.27 Å². The zero-order valence-electron chi connectivity index (χ0n) is 8.63. The molecule has 0 saturated heterocycles. The Balaban J connectivity index is 2.87. The Morgan fingerprint density at radius 1 is 1.73 bits per heavy atom. The van der Waals surface area contributed by atoms with Crippen LogP contribution in [0, 0.1) is 0 Å². The van der Waals surface area contributed by atoms with Crippen molar-refractivity contribution in [3.63, 3.8) is 0 Å². The van der Waals surface area contributed by atoms with Crippen LogP contribution in [0.3, 0.4) is 0 Å². The van der Waals surface area contributed by atoms with E-state index in [9.17, 15) is 0 Å². The van der Waals surface area contributed by atoms with Crippen molar-refractivity contribution in [3.05, 3.63) is 24.3 Å².